The number of benzene rings is 1. The van der Waals surface area contributed by atoms with Crippen molar-refractivity contribution >= 4 is 5.69 Å². The van der Waals surface area contributed by atoms with Crippen LogP contribution in [0.15, 0.2) is 12.1 Å². The summed E-state index contributed by atoms with van der Waals surface area (Å²) in [4.78, 5) is 0. The van der Waals surface area contributed by atoms with Gasteiger partial charge in [-0.05, 0) is 32.4 Å². The van der Waals surface area contributed by atoms with E-state index in [2.05, 4.69) is 5.32 Å². The first kappa shape index (κ1) is 12.0. The Labute approximate surface area is 102 Å². The highest BCUT2D eigenvalue weighted by Crippen LogP contribution is 2.35. The van der Waals surface area contributed by atoms with Gasteiger partial charge in [-0.1, -0.05) is 0 Å². The Hall–Kier alpha value is -1.42. The van der Waals surface area contributed by atoms with E-state index >= 15 is 0 Å². The summed E-state index contributed by atoms with van der Waals surface area (Å²) < 4.78 is 11.1. The Morgan fingerprint density at radius 2 is 1.82 bits per heavy atom. The summed E-state index contributed by atoms with van der Waals surface area (Å²) >= 11 is 0. The van der Waals surface area contributed by atoms with E-state index in [-0.39, 0.29) is 5.54 Å². The van der Waals surface area contributed by atoms with E-state index in [1.807, 2.05) is 32.9 Å². The topological polar surface area (TPSA) is 56.5 Å². The molecule has 0 bridgehead atoms. The molecule has 0 spiro atoms. The van der Waals surface area contributed by atoms with Gasteiger partial charge >= 0.3 is 0 Å². The molecule has 1 heterocycles. The van der Waals surface area contributed by atoms with E-state index < -0.39 is 0 Å². The standard InChI is InChI=1S/C13H20N2O2/c1-9-6-11-12(17-5-4-16-11)7-10(9)15-8-13(2,3)14/h6-7,15H,4-5,8,14H2,1-3H3. The number of hydrogen-bond acceptors (Lipinski definition) is 4. The van der Waals surface area contributed by atoms with E-state index in [0.29, 0.717) is 19.8 Å². The third-order valence-corrected chi connectivity index (χ3v) is 2.62. The molecule has 4 heteroatoms. The van der Waals surface area contributed by atoms with Gasteiger partial charge < -0.3 is 20.5 Å². The van der Waals surface area contributed by atoms with Gasteiger partial charge in [-0.2, -0.15) is 0 Å². The van der Waals surface area contributed by atoms with Crippen molar-refractivity contribution in [1.29, 1.82) is 0 Å². The predicted molar refractivity (Wildman–Crippen MR) is 68.9 cm³/mol. The van der Waals surface area contributed by atoms with Gasteiger partial charge in [0.15, 0.2) is 11.5 Å². The predicted octanol–water partition coefficient (Wildman–Crippen LogP) is 1.92. The number of rotatable bonds is 3. The normalized spacial score (nSPS) is 14.6. The van der Waals surface area contributed by atoms with Crippen LogP contribution in [0.3, 0.4) is 0 Å². The lowest BCUT2D eigenvalue weighted by Crippen LogP contribution is -2.39. The first-order chi connectivity index (χ1) is 7.96. The summed E-state index contributed by atoms with van der Waals surface area (Å²) in [5.74, 6) is 1.63. The van der Waals surface area contributed by atoms with Gasteiger partial charge in [0.2, 0.25) is 0 Å². The van der Waals surface area contributed by atoms with Crippen molar-refractivity contribution in [2.75, 3.05) is 25.1 Å². The van der Waals surface area contributed by atoms with Crippen LogP contribution in [0.1, 0.15) is 19.4 Å². The highest BCUT2D eigenvalue weighted by Gasteiger charge is 2.15. The monoisotopic (exact) mass is 236 g/mol. The number of nitrogens with one attached hydrogen (secondary N) is 1. The Bertz CT molecular complexity index is 411. The van der Waals surface area contributed by atoms with Gasteiger partial charge in [-0.25, -0.2) is 0 Å². The number of aryl methyl sites for hydroxylation is 1. The van der Waals surface area contributed by atoms with Gasteiger partial charge in [-0.15, -0.1) is 0 Å². The fourth-order valence-corrected chi connectivity index (χ4v) is 1.70. The van der Waals surface area contributed by atoms with Crippen LogP contribution in [0.4, 0.5) is 5.69 Å². The van der Waals surface area contributed by atoms with E-state index in [0.717, 1.165) is 22.7 Å². The highest BCUT2D eigenvalue weighted by atomic mass is 16.6. The third kappa shape index (κ3) is 3.03. The zero-order valence-electron chi connectivity index (χ0n) is 10.7. The van der Waals surface area contributed by atoms with Crippen molar-refractivity contribution in [3.05, 3.63) is 17.7 Å². The Morgan fingerprint density at radius 1 is 1.24 bits per heavy atom. The molecule has 1 aromatic rings. The summed E-state index contributed by atoms with van der Waals surface area (Å²) in [5, 5.41) is 3.34. The van der Waals surface area contributed by atoms with E-state index in [1.54, 1.807) is 0 Å². The molecule has 94 valence electrons. The van der Waals surface area contributed by atoms with E-state index in [1.165, 1.54) is 0 Å². The Morgan fingerprint density at radius 3 is 2.41 bits per heavy atom. The average molecular weight is 236 g/mol. The summed E-state index contributed by atoms with van der Waals surface area (Å²) in [5.41, 5.74) is 7.90. The zero-order valence-corrected chi connectivity index (χ0v) is 10.7. The van der Waals surface area contributed by atoms with Gasteiger partial charge in [0.05, 0.1) is 0 Å². The van der Waals surface area contributed by atoms with E-state index in [4.69, 9.17) is 15.2 Å². The van der Waals surface area contributed by atoms with Crippen LogP contribution in [0.5, 0.6) is 11.5 Å². The second kappa shape index (κ2) is 4.45. The van der Waals surface area contributed by atoms with Crippen molar-refractivity contribution in [2.45, 2.75) is 26.3 Å². The Balaban J connectivity index is 2.17. The summed E-state index contributed by atoms with van der Waals surface area (Å²) in [7, 11) is 0. The highest BCUT2D eigenvalue weighted by molar-refractivity contribution is 5.60. The van der Waals surface area contributed by atoms with Gasteiger partial charge in [0.25, 0.3) is 0 Å². The molecule has 0 aromatic heterocycles. The molecule has 1 aliphatic heterocycles. The molecule has 0 radical (unpaired) electrons. The minimum Gasteiger partial charge on any atom is -0.486 e. The largest absolute Gasteiger partial charge is 0.486 e. The van der Waals surface area contributed by atoms with Gasteiger partial charge in [0.1, 0.15) is 13.2 Å². The maximum Gasteiger partial charge on any atom is 0.163 e. The smallest absolute Gasteiger partial charge is 0.163 e. The quantitative estimate of drug-likeness (QED) is 0.841. The zero-order chi connectivity index (χ0) is 12.5. The lowest BCUT2D eigenvalue weighted by atomic mass is 10.1. The van der Waals surface area contributed by atoms with E-state index in [9.17, 15) is 0 Å². The minimum atomic E-state index is -0.236. The Kier molecular flexibility index (Phi) is 3.15. The van der Waals surface area contributed by atoms with Crippen LogP contribution in [0, 0.1) is 6.92 Å². The van der Waals surface area contributed by atoms with Crippen molar-refractivity contribution in [3.8, 4) is 11.5 Å². The molecule has 1 aliphatic rings. The molecule has 0 atom stereocenters. The molecular formula is C13H20N2O2. The number of ether oxygens (including phenoxy) is 2. The lowest BCUT2D eigenvalue weighted by Gasteiger charge is -2.23. The molecule has 0 saturated heterocycles. The SMILES string of the molecule is Cc1cc2c(cc1NCC(C)(C)N)OCCO2. The maximum atomic E-state index is 5.95. The van der Waals surface area contributed by atoms with Crippen molar-refractivity contribution in [2.24, 2.45) is 5.73 Å². The second-order valence-electron chi connectivity index (χ2n) is 5.15. The van der Waals surface area contributed by atoms with Crippen molar-refractivity contribution in [1.82, 2.24) is 0 Å². The van der Waals surface area contributed by atoms with Crippen molar-refractivity contribution in [3.63, 3.8) is 0 Å². The molecule has 1 aromatic carbocycles. The number of hydrogen-bond donors (Lipinski definition) is 2. The van der Waals surface area contributed by atoms with Gasteiger partial charge in [-0.3, -0.25) is 0 Å². The van der Waals surface area contributed by atoms with Crippen LogP contribution in [-0.4, -0.2) is 25.3 Å². The number of fused-ring (bicyclic) bond motifs is 1. The summed E-state index contributed by atoms with van der Waals surface area (Å²) in [6.45, 7) is 7.98. The first-order valence-corrected chi connectivity index (χ1v) is 5.89. The minimum absolute atomic E-state index is 0.236. The molecule has 4 nitrogen and oxygen atoms in total. The molecule has 17 heavy (non-hydrogen) atoms. The molecule has 0 saturated carbocycles. The van der Waals surface area contributed by atoms with Crippen LogP contribution in [-0.2, 0) is 0 Å². The average Bonchev–Trinajstić information content (AvgIpc) is 2.25. The van der Waals surface area contributed by atoms with Crippen LogP contribution < -0.4 is 20.5 Å². The molecule has 2 rings (SSSR count). The van der Waals surface area contributed by atoms with Crippen molar-refractivity contribution < 1.29 is 9.47 Å². The lowest BCUT2D eigenvalue weighted by molar-refractivity contribution is 0.171. The molecular weight excluding hydrogens is 216 g/mol. The third-order valence-electron chi connectivity index (χ3n) is 2.62. The molecule has 0 aliphatic carbocycles. The molecule has 0 fully saturated rings. The van der Waals surface area contributed by atoms with Gasteiger partial charge in [0, 0.05) is 23.8 Å². The second-order valence-corrected chi connectivity index (χ2v) is 5.15. The van der Waals surface area contributed by atoms with Crippen LogP contribution in [0.25, 0.3) is 0 Å². The summed E-state index contributed by atoms with van der Waals surface area (Å²) in [6, 6.07) is 3.98. The fourth-order valence-electron chi connectivity index (χ4n) is 1.70. The number of anilines is 1. The summed E-state index contributed by atoms with van der Waals surface area (Å²) in [6.07, 6.45) is 0. The maximum absolute atomic E-state index is 5.95. The number of nitrogens with two attached hydrogens (primary N) is 1. The first-order valence-electron chi connectivity index (χ1n) is 5.89. The van der Waals surface area contributed by atoms with Crippen LogP contribution >= 0.6 is 0 Å². The molecule has 3 N–H and O–H groups in total. The van der Waals surface area contributed by atoms with Crippen LogP contribution in [0.2, 0.25) is 0 Å². The molecule has 0 unspecified atom stereocenters. The molecule has 0 amide bonds. The fraction of sp³-hybridized carbons (Fsp3) is 0.538.